The molecule has 2 rings (SSSR count). The van der Waals surface area contributed by atoms with Crippen LogP contribution in [0.2, 0.25) is 0 Å². The van der Waals surface area contributed by atoms with E-state index < -0.39 is 11.9 Å². The molecular weight excluding hydrogens is 296 g/mol. The Bertz CT molecular complexity index is 682. The van der Waals surface area contributed by atoms with Gasteiger partial charge in [0.2, 0.25) is 5.76 Å². The maximum Gasteiger partial charge on any atom is 0.371 e. The van der Waals surface area contributed by atoms with Crippen molar-refractivity contribution in [3.05, 3.63) is 46.3 Å². The molecule has 2 heterocycles. The van der Waals surface area contributed by atoms with Crippen LogP contribution in [0.1, 0.15) is 43.8 Å². The Morgan fingerprint density at radius 1 is 1.05 bits per heavy atom. The van der Waals surface area contributed by atoms with Crippen LogP contribution < -0.4 is 0 Å². The third-order valence-electron chi connectivity index (χ3n) is 2.93. The fourth-order valence-corrected chi connectivity index (χ4v) is 2.81. The summed E-state index contributed by atoms with van der Waals surface area (Å²) in [5, 5.41) is 17.8. The molecule has 0 saturated heterocycles. The molecule has 0 aliphatic rings. The van der Waals surface area contributed by atoms with E-state index in [2.05, 4.69) is 0 Å². The topological polar surface area (TPSA) is 101 Å². The second kappa shape index (κ2) is 6.09. The van der Waals surface area contributed by atoms with Crippen molar-refractivity contribution in [1.29, 1.82) is 0 Å². The van der Waals surface area contributed by atoms with Gasteiger partial charge in [0.15, 0.2) is 0 Å². The number of carboxylic acid groups (broad SMARTS) is 2. The van der Waals surface area contributed by atoms with E-state index in [1.54, 1.807) is 13.8 Å². The molecule has 0 spiro atoms. The molecule has 0 fully saturated rings. The van der Waals surface area contributed by atoms with Crippen molar-refractivity contribution in [2.45, 2.75) is 25.4 Å². The first-order valence-corrected chi connectivity index (χ1v) is 7.27. The molecule has 2 aromatic rings. The molecule has 0 atom stereocenters. The number of thioether (sulfide) groups is 1. The highest BCUT2D eigenvalue weighted by atomic mass is 32.2. The predicted octanol–water partition coefficient (Wildman–Crippen LogP) is 3.32. The minimum Gasteiger partial charge on any atom is -0.478 e. The minimum atomic E-state index is -1.10. The van der Waals surface area contributed by atoms with Gasteiger partial charge in [0.25, 0.3) is 0 Å². The highest BCUT2D eigenvalue weighted by Crippen LogP contribution is 2.25. The van der Waals surface area contributed by atoms with E-state index in [1.807, 2.05) is 0 Å². The van der Waals surface area contributed by atoms with Crippen LogP contribution in [0.4, 0.5) is 0 Å². The van der Waals surface area contributed by atoms with Crippen LogP contribution in [0.3, 0.4) is 0 Å². The van der Waals surface area contributed by atoms with E-state index in [9.17, 15) is 9.59 Å². The van der Waals surface area contributed by atoms with Crippen molar-refractivity contribution in [2.75, 3.05) is 0 Å². The number of hydrogen-bond acceptors (Lipinski definition) is 5. The summed E-state index contributed by atoms with van der Waals surface area (Å²) in [7, 11) is 0. The molecule has 0 aliphatic heterocycles. The number of rotatable bonds is 6. The van der Waals surface area contributed by atoms with E-state index in [4.69, 9.17) is 19.0 Å². The highest BCUT2D eigenvalue weighted by molar-refractivity contribution is 7.97. The molecule has 2 aromatic heterocycles. The van der Waals surface area contributed by atoms with Crippen LogP contribution in [0.15, 0.2) is 21.0 Å². The van der Waals surface area contributed by atoms with Crippen molar-refractivity contribution in [3.63, 3.8) is 0 Å². The Balaban J connectivity index is 1.97. The lowest BCUT2D eigenvalue weighted by Crippen LogP contribution is -1.94. The highest BCUT2D eigenvalue weighted by Gasteiger charge is 2.15. The smallest absolute Gasteiger partial charge is 0.371 e. The third kappa shape index (κ3) is 3.49. The van der Waals surface area contributed by atoms with E-state index in [0.717, 1.165) is 5.56 Å². The molecule has 2 N–H and O–H groups in total. The zero-order chi connectivity index (χ0) is 15.6. The molecule has 21 heavy (non-hydrogen) atoms. The van der Waals surface area contributed by atoms with Gasteiger partial charge in [-0.1, -0.05) is 0 Å². The minimum absolute atomic E-state index is 0.0786. The van der Waals surface area contributed by atoms with Crippen LogP contribution in [-0.2, 0) is 11.5 Å². The lowest BCUT2D eigenvalue weighted by atomic mass is 10.2. The molecular formula is C14H14O6S. The summed E-state index contributed by atoms with van der Waals surface area (Å²) in [6.45, 7) is 3.32. The number of furan rings is 2. The Morgan fingerprint density at radius 3 is 2.29 bits per heavy atom. The van der Waals surface area contributed by atoms with Gasteiger partial charge >= 0.3 is 11.9 Å². The van der Waals surface area contributed by atoms with Crippen molar-refractivity contribution < 1.29 is 28.6 Å². The second-order valence-electron chi connectivity index (χ2n) is 4.48. The maximum absolute atomic E-state index is 10.9. The van der Waals surface area contributed by atoms with Gasteiger partial charge in [0, 0.05) is 11.3 Å². The summed E-state index contributed by atoms with van der Waals surface area (Å²) >= 11 is 1.49. The number of carboxylic acids is 2. The maximum atomic E-state index is 10.9. The summed E-state index contributed by atoms with van der Waals surface area (Å²) in [5.41, 5.74) is 0.970. The van der Waals surface area contributed by atoms with Crippen molar-refractivity contribution in [1.82, 2.24) is 0 Å². The second-order valence-corrected chi connectivity index (χ2v) is 5.46. The van der Waals surface area contributed by atoms with Gasteiger partial charge in [-0.25, -0.2) is 9.59 Å². The summed E-state index contributed by atoms with van der Waals surface area (Å²) in [5.74, 6) is 0.407. The molecule has 0 aliphatic carbocycles. The van der Waals surface area contributed by atoms with Crippen molar-refractivity contribution in [3.8, 4) is 0 Å². The molecule has 7 heteroatoms. The number of aromatic carboxylic acids is 2. The van der Waals surface area contributed by atoms with E-state index in [-0.39, 0.29) is 11.3 Å². The molecule has 0 unspecified atom stereocenters. The monoisotopic (exact) mass is 310 g/mol. The first-order valence-electron chi connectivity index (χ1n) is 6.11. The van der Waals surface area contributed by atoms with Gasteiger partial charge in [-0.2, -0.15) is 0 Å². The van der Waals surface area contributed by atoms with Gasteiger partial charge in [-0.3, -0.25) is 0 Å². The van der Waals surface area contributed by atoms with Gasteiger partial charge in [-0.15, -0.1) is 11.8 Å². The SMILES string of the molecule is Cc1oc(C(=O)O)cc1CSCc1cc(C(=O)O)c(C)o1. The molecule has 0 radical (unpaired) electrons. The molecule has 0 saturated carbocycles. The standard InChI is InChI=1S/C14H14O6S/c1-7-9(3-12(20-7)14(17)18)5-21-6-10-4-11(13(15)16)8(2)19-10/h3-4H,5-6H2,1-2H3,(H,15,16)(H,17,18). The van der Waals surface area contributed by atoms with Crippen LogP contribution in [0.5, 0.6) is 0 Å². The third-order valence-corrected chi connectivity index (χ3v) is 3.94. The number of hydrogen-bond donors (Lipinski definition) is 2. The summed E-state index contributed by atoms with van der Waals surface area (Å²) in [6, 6.07) is 3.01. The average molecular weight is 310 g/mol. The predicted molar refractivity (Wildman–Crippen MR) is 75.8 cm³/mol. The first kappa shape index (κ1) is 15.2. The Morgan fingerprint density at radius 2 is 1.76 bits per heavy atom. The molecule has 112 valence electrons. The van der Waals surface area contributed by atoms with E-state index >= 15 is 0 Å². The number of carbonyl (C=O) groups is 2. The summed E-state index contributed by atoms with van der Waals surface area (Å²) in [6.07, 6.45) is 0. The average Bonchev–Trinajstić information content (AvgIpc) is 2.94. The first-order chi connectivity index (χ1) is 9.88. The van der Waals surface area contributed by atoms with Crippen LogP contribution in [-0.4, -0.2) is 22.2 Å². The Kier molecular flexibility index (Phi) is 4.42. The normalized spacial score (nSPS) is 10.8. The van der Waals surface area contributed by atoms with E-state index in [1.165, 1.54) is 23.9 Å². The molecule has 0 aromatic carbocycles. The Hall–Kier alpha value is -2.15. The van der Waals surface area contributed by atoms with Gasteiger partial charge in [0.1, 0.15) is 22.8 Å². The lowest BCUT2D eigenvalue weighted by Gasteiger charge is -1.97. The molecule has 0 amide bonds. The van der Waals surface area contributed by atoms with Crippen LogP contribution in [0.25, 0.3) is 0 Å². The quantitative estimate of drug-likeness (QED) is 0.843. The van der Waals surface area contributed by atoms with Gasteiger partial charge in [0.05, 0.1) is 5.75 Å². The van der Waals surface area contributed by atoms with Crippen LogP contribution in [0, 0.1) is 13.8 Å². The van der Waals surface area contributed by atoms with Crippen molar-refractivity contribution >= 4 is 23.7 Å². The van der Waals surface area contributed by atoms with Crippen molar-refractivity contribution in [2.24, 2.45) is 0 Å². The largest absolute Gasteiger partial charge is 0.478 e. The summed E-state index contributed by atoms with van der Waals surface area (Å²) in [4.78, 5) is 21.7. The zero-order valence-electron chi connectivity index (χ0n) is 11.5. The summed E-state index contributed by atoms with van der Waals surface area (Å²) < 4.78 is 10.5. The van der Waals surface area contributed by atoms with Gasteiger partial charge in [-0.05, 0) is 26.0 Å². The number of aryl methyl sites for hydroxylation is 2. The van der Waals surface area contributed by atoms with E-state index in [0.29, 0.717) is 28.8 Å². The lowest BCUT2D eigenvalue weighted by molar-refractivity contribution is 0.0658. The van der Waals surface area contributed by atoms with Gasteiger partial charge < -0.3 is 19.0 Å². The molecule has 0 bridgehead atoms. The van der Waals surface area contributed by atoms with Crippen LogP contribution >= 0.6 is 11.8 Å². The zero-order valence-corrected chi connectivity index (χ0v) is 12.3. The fraction of sp³-hybridized carbons (Fsp3) is 0.286. The Labute approximate surface area is 124 Å². The fourth-order valence-electron chi connectivity index (χ4n) is 1.86. The molecule has 6 nitrogen and oxygen atoms in total.